The van der Waals surface area contributed by atoms with Crippen molar-refractivity contribution < 1.29 is 19.4 Å². The van der Waals surface area contributed by atoms with Crippen molar-refractivity contribution in [3.8, 4) is 0 Å². The summed E-state index contributed by atoms with van der Waals surface area (Å²) in [5.41, 5.74) is 0.938. The minimum absolute atomic E-state index is 0.0724. The van der Waals surface area contributed by atoms with Gasteiger partial charge in [-0.25, -0.2) is 9.59 Å². The Bertz CT molecular complexity index is 658. The Labute approximate surface area is 155 Å². The topological polar surface area (TPSA) is 75.6 Å². The normalized spacial score (nSPS) is 12.3. The number of benzene rings is 2. The van der Waals surface area contributed by atoms with E-state index in [4.69, 9.17) is 9.84 Å². The number of hydrogen-bond acceptors (Lipinski definition) is 4. The third kappa shape index (κ3) is 8.44. The molecular weight excluding hydrogens is 330 g/mol. The first-order valence-electron chi connectivity index (χ1n) is 8.71. The summed E-state index contributed by atoms with van der Waals surface area (Å²) in [6, 6.07) is 17.7. The molecule has 0 fully saturated rings. The lowest BCUT2D eigenvalue weighted by Crippen LogP contribution is -2.30. The summed E-state index contributed by atoms with van der Waals surface area (Å²) in [7, 11) is 0. The van der Waals surface area contributed by atoms with Gasteiger partial charge in [-0.2, -0.15) is 0 Å². The number of carboxylic acid groups (broad SMARTS) is 1. The predicted molar refractivity (Wildman–Crippen MR) is 102 cm³/mol. The standard InChI is InChI=1S/C14H21NO2.C7H6O2/c1-4-15-11(2)10-12(3)17-14(16)13-8-6-5-7-9-13;8-7(9)6-4-2-1-3-5-6/h5-9,11-12,15H,4,10H2,1-3H3;1-5H,(H,8,9). The highest BCUT2D eigenvalue weighted by atomic mass is 16.5. The van der Waals surface area contributed by atoms with Gasteiger partial charge in [-0.05, 0) is 51.1 Å². The van der Waals surface area contributed by atoms with Gasteiger partial charge in [0.2, 0.25) is 0 Å². The quantitative estimate of drug-likeness (QED) is 0.733. The summed E-state index contributed by atoms with van der Waals surface area (Å²) in [5, 5.41) is 11.7. The molecule has 5 heteroatoms. The van der Waals surface area contributed by atoms with E-state index in [9.17, 15) is 9.59 Å². The van der Waals surface area contributed by atoms with Crippen LogP contribution < -0.4 is 5.32 Å². The van der Waals surface area contributed by atoms with Gasteiger partial charge in [0.1, 0.15) is 6.10 Å². The van der Waals surface area contributed by atoms with Gasteiger partial charge in [-0.15, -0.1) is 0 Å². The van der Waals surface area contributed by atoms with Crippen LogP contribution in [0.2, 0.25) is 0 Å². The fourth-order valence-electron chi connectivity index (χ4n) is 2.38. The summed E-state index contributed by atoms with van der Waals surface area (Å²) in [5.74, 6) is -1.13. The summed E-state index contributed by atoms with van der Waals surface area (Å²) in [4.78, 5) is 22.0. The molecule has 0 aliphatic heterocycles. The Hall–Kier alpha value is -2.66. The average molecular weight is 357 g/mol. The van der Waals surface area contributed by atoms with Crippen LogP contribution in [0.5, 0.6) is 0 Å². The molecule has 2 aromatic rings. The summed E-state index contributed by atoms with van der Waals surface area (Å²) in [6.07, 6.45) is 0.753. The highest BCUT2D eigenvalue weighted by molar-refractivity contribution is 5.89. The van der Waals surface area contributed by atoms with Crippen molar-refractivity contribution in [3.05, 3.63) is 71.8 Å². The molecule has 0 saturated carbocycles. The third-order valence-corrected chi connectivity index (χ3v) is 3.58. The second kappa shape index (κ2) is 11.8. The summed E-state index contributed by atoms with van der Waals surface area (Å²) in [6.45, 7) is 7.02. The predicted octanol–water partition coefficient (Wildman–Crippen LogP) is 4.00. The highest BCUT2D eigenvalue weighted by Crippen LogP contribution is 2.07. The minimum atomic E-state index is -0.879. The van der Waals surface area contributed by atoms with Gasteiger partial charge in [0.15, 0.2) is 0 Å². The molecule has 2 aromatic carbocycles. The van der Waals surface area contributed by atoms with Crippen LogP contribution in [0.25, 0.3) is 0 Å². The van der Waals surface area contributed by atoms with Gasteiger partial charge < -0.3 is 15.2 Å². The molecule has 0 aliphatic rings. The van der Waals surface area contributed by atoms with Crippen LogP contribution in [0.3, 0.4) is 0 Å². The van der Waals surface area contributed by atoms with Crippen molar-refractivity contribution in [3.63, 3.8) is 0 Å². The number of aromatic carboxylic acids is 1. The maximum atomic E-state index is 11.8. The summed E-state index contributed by atoms with van der Waals surface area (Å²) < 4.78 is 5.37. The number of ether oxygens (including phenoxy) is 1. The second-order valence-corrected chi connectivity index (χ2v) is 5.95. The molecule has 5 nitrogen and oxygen atoms in total. The number of carboxylic acids is 1. The molecule has 0 heterocycles. The van der Waals surface area contributed by atoms with Crippen LogP contribution in [0.1, 0.15) is 47.9 Å². The van der Waals surface area contributed by atoms with Gasteiger partial charge in [0.25, 0.3) is 0 Å². The third-order valence-electron chi connectivity index (χ3n) is 3.58. The molecule has 140 valence electrons. The molecule has 26 heavy (non-hydrogen) atoms. The number of esters is 1. The Kier molecular flexibility index (Phi) is 9.72. The van der Waals surface area contributed by atoms with E-state index in [-0.39, 0.29) is 12.1 Å². The van der Waals surface area contributed by atoms with E-state index in [1.165, 1.54) is 0 Å². The van der Waals surface area contributed by atoms with E-state index in [1.54, 1.807) is 42.5 Å². The van der Waals surface area contributed by atoms with Gasteiger partial charge in [-0.1, -0.05) is 43.3 Å². The fourth-order valence-corrected chi connectivity index (χ4v) is 2.38. The molecule has 0 aromatic heterocycles. The molecule has 0 spiro atoms. The Morgan fingerprint density at radius 3 is 1.88 bits per heavy atom. The lowest BCUT2D eigenvalue weighted by Gasteiger charge is -2.18. The van der Waals surface area contributed by atoms with E-state index in [2.05, 4.69) is 19.2 Å². The van der Waals surface area contributed by atoms with E-state index in [1.807, 2.05) is 25.1 Å². The van der Waals surface area contributed by atoms with Crippen molar-refractivity contribution in [2.45, 2.75) is 39.3 Å². The van der Waals surface area contributed by atoms with Gasteiger partial charge in [0, 0.05) is 6.04 Å². The Morgan fingerprint density at radius 2 is 1.46 bits per heavy atom. The molecule has 0 aliphatic carbocycles. The first-order valence-corrected chi connectivity index (χ1v) is 8.71. The Balaban J connectivity index is 0.000000314. The van der Waals surface area contributed by atoms with Crippen LogP contribution in [-0.4, -0.2) is 35.7 Å². The monoisotopic (exact) mass is 357 g/mol. The number of rotatable bonds is 7. The van der Waals surface area contributed by atoms with Gasteiger partial charge in [0.05, 0.1) is 11.1 Å². The zero-order valence-corrected chi connectivity index (χ0v) is 15.5. The van der Waals surface area contributed by atoms with E-state index >= 15 is 0 Å². The maximum absolute atomic E-state index is 11.8. The molecule has 2 rings (SSSR count). The molecule has 0 radical (unpaired) electrons. The van der Waals surface area contributed by atoms with Crippen molar-refractivity contribution >= 4 is 11.9 Å². The largest absolute Gasteiger partial charge is 0.478 e. The second-order valence-electron chi connectivity index (χ2n) is 5.95. The summed E-state index contributed by atoms with van der Waals surface area (Å²) >= 11 is 0. The van der Waals surface area contributed by atoms with Gasteiger partial charge >= 0.3 is 11.9 Å². The Morgan fingerprint density at radius 1 is 0.962 bits per heavy atom. The van der Waals surface area contributed by atoms with Crippen molar-refractivity contribution in [2.24, 2.45) is 0 Å². The number of carbonyl (C=O) groups excluding carboxylic acids is 1. The molecule has 2 N–H and O–H groups in total. The molecule has 2 atom stereocenters. The van der Waals surface area contributed by atoms with E-state index in [0.717, 1.165) is 13.0 Å². The molecule has 2 unspecified atom stereocenters. The molecule has 0 saturated heterocycles. The van der Waals surface area contributed by atoms with Crippen molar-refractivity contribution in [1.29, 1.82) is 0 Å². The van der Waals surface area contributed by atoms with Crippen LogP contribution in [0.4, 0.5) is 0 Å². The molecular formula is C21H27NO4. The average Bonchev–Trinajstić information content (AvgIpc) is 2.63. The number of hydrogen-bond donors (Lipinski definition) is 2. The first kappa shape index (κ1) is 21.4. The van der Waals surface area contributed by atoms with E-state index in [0.29, 0.717) is 17.2 Å². The van der Waals surface area contributed by atoms with E-state index < -0.39 is 5.97 Å². The van der Waals surface area contributed by atoms with Crippen molar-refractivity contribution in [2.75, 3.05) is 6.54 Å². The van der Waals surface area contributed by atoms with Crippen LogP contribution >= 0.6 is 0 Å². The molecule has 0 amide bonds. The van der Waals surface area contributed by atoms with Gasteiger partial charge in [-0.3, -0.25) is 0 Å². The van der Waals surface area contributed by atoms with Crippen LogP contribution in [0.15, 0.2) is 60.7 Å². The lowest BCUT2D eigenvalue weighted by atomic mass is 10.1. The zero-order chi connectivity index (χ0) is 19.4. The fraction of sp³-hybridized carbons (Fsp3) is 0.333. The molecule has 0 bridgehead atoms. The van der Waals surface area contributed by atoms with Crippen molar-refractivity contribution in [1.82, 2.24) is 5.32 Å². The number of carbonyl (C=O) groups is 2. The first-order chi connectivity index (χ1) is 12.4. The SMILES string of the molecule is CCNC(C)CC(C)OC(=O)c1ccccc1.O=C(O)c1ccccc1. The lowest BCUT2D eigenvalue weighted by molar-refractivity contribution is 0.0307. The zero-order valence-electron chi connectivity index (χ0n) is 15.5. The number of nitrogens with one attached hydrogen (secondary N) is 1. The van der Waals surface area contributed by atoms with Crippen LogP contribution in [-0.2, 0) is 4.74 Å². The van der Waals surface area contributed by atoms with Crippen LogP contribution in [0, 0.1) is 0 Å². The minimum Gasteiger partial charge on any atom is -0.478 e. The maximum Gasteiger partial charge on any atom is 0.338 e. The highest BCUT2D eigenvalue weighted by Gasteiger charge is 2.13. The smallest absolute Gasteiger partial charge is 0.338 e.